The first-order chi connectivity index (χ1) is 7.49. The molecule has 0 aliphatic rings. The highest BCUT2D eigenvalue weighted by Gasteiger charge is 2.12. The lowest BCUT2D eigenvalue weighted by molar-refractivity contribution is 0.0838. The van der Waals surface area contributed by atoms with E-state index in [-0.39, 0.29) is 17.8 Å². The van der Waals surface area contributed by atoms with Crippen molar-refractivity contribution in [2.24, 2.45) is 5.92 Å². The van der Waals surface area contributed by atoms with Crippen LogP contribution in [0.15, 0.2) is 24.3 Å². The van der Waals surface area contributed by atoms with Gasteiger partial charge in [-0.05, 0) is 30.7 Å². The monoisotopic (exact) mass is 225 g/mol. The molecule has 0 saturated heterocycles. The van der Waals surface area contributed by atoms with Crippen molar-refractivity contribution in [3.63, 3.8) is 0 Å². The van der Waals surface area contributed by atoms with E-state index in [1.54, 1.807) is 12.1 Å². The van der Waals surface area contributed by atoms with E-state index in [1.165, 1.54) is 12.1 Å². The van der Waals surface area contributed by atoms with E-state index < -0.39 is 0 Å². The van der Waals surface area contributed by atoms with Crippen LogP contribution in [-0.2, 0) is 6.54 Å². The van der Waals surface area contributed by atoms with Gasteiger partial charge >= 0.3 is 0 Å². The summed E-state index contributed by atoms with van der Waals surface area (Å²) in [5.74, 6) is 0.0456. The molecule has 0 heterocycles. The maximum Gasteiger partial charge on any atom is 0.123 e. The normalized spacial score (nSPS) is 13.4. The fraction of sp³-hybridized carbons (Fsp3) is 0.538. The third-order valence-corrected chi connectivity index (χ3v) is 2.63. The maximum atomic E-state index is 12.7. The molecule has 0 radical (unpaired) electrons. The largest absolute Gasteiger partial charge is 0.392 e. The molecule has 1 unspecified atom stereocenters. The minimum absolute atomic E-state index is 0.214. The van der Waals surface area contributed by atoms with E-state index in [0.717, 1.165) is 12.1 Å². The fourth-order valence-electron chi connectivity index (χ4n) is 1.50. The third kappa shape index (κ3) is 4.29. The Hall–Kier alpha value is -0.930. The molecule has 1 rings (SSSR count). The molecule has 0 aromatic heterocycles. The lowest BCUT2D eigenvalue weighted by Crippen LogP contribution is -2.31. The second-order valence-electron chi connectivity index (χ2n) is 4.63. The quantitative estimate of drug-likeness (QED) is 0.831. The molecule has 0 aliphatic heterocycles. The van der Waals surface area contributed by atoms with E-state index in [2.05, 4.69) is 0 Å². The van der Waals surface area contributed by atoms with E-state index >= 15 is 0 Å². The average molecular weight is 225 g/mol. The highest BCUT2D eigenvalue weighted by Crippen LogP contribution is 2.08. The van der Waals surface area contributed by atoms with Crippen LogP contribution in [0.2, 0.25) is 0 Å². The van der Waals surface area contributed by atoms with Crippen molar-refractivity contribution in [2.75, 3.05) is 13.6 Å². The zero-order valence-corrected chi connectivity index (χ0v) is 10.2. The van der Waals surface area contributed by atoms with Gasteiger partial charge in [0.2, 0.25) is 0 Å². The molecular formula is C13H20FNO. The molecule has 0 spiro atoms. The first-order valence-electron chi connectivity index (χ1n) is 5.60. The minimum atomic E-state index is -0.314. The van der Waals surface area contributed by atoms with Crippen molar-refractivity contribution in [3.8, 4) is 0 Å². The summed E-state index contributed by atoms with van der Waals surface area (Å²) in [4.78, 5) is 2.04. The minimum Gasteiger partial charge on any atom is -0.392 e. The van der Waals surface area contributed by atoms with Crippen molar-refractivity contribution in [1.29, 1.82) is 0 Å². The van der Waals surface area contributed by atoms with Crippen LogP contribution in [0, 0.1) is 11.7 Å². The van der Waals surface area contributed by atoms with Crippen LogP contribution in [0.25, 0.3) is 0 Å². The Morgan fingerprint density at radius 1 is 1.25 bits per heavy atom. The molecule has 1 aromatic carbocycles. The lowest BCUT2D eigenvalue weighted by atomic mass is 10.1. The van der Waals surface area contributed by atoms with Crippen LogP contribution in [0.3, 0.4) is 0 Å². The highest BCUT2D eigenvalue weighted by atomic mass is 19.1. The zero-order chi connectivity index (χ0) is 12.1. The van der Waals surface area contributed by atoms with Crippen molar-refractivity contribution in [1.82, 2.24) is 4.90 Å². The predicted molar refractivity (Wildman–Crippen MR) is 63.6 cm³/mol. The molecule has 0 aliphatic carbocycles. The van der Waals surface area contributed by atoms with Crippen molar-refractivity contribution in [3.05, 3.63) is 35.6 Å². The number of benzene rings is 1. The third-order valence-electron chi connectivity index (χ3n) is 2.63. The van der Waals surface area contributed by atoms with Gasteiger partial charge < -0.3 is 5.11 Å². The summed E-state index contributed by atoms with van der Waals surface area (Å²) in [6.45, 7) is 5.35. The van der Waals surface area contributed by atoms with Crippen LogP contribution >= 0.6 is 0 Å². The zero-order valence-electron chi connectivity index (χ0n) is 10.2. The number of rotatable bonds is 5. The number of halogens is 1. The van der Waals surface area contributed by atoms with Gasteiger partial charge in [-0.2, -0.15) is 0 Å². The summed E-state index contributed by atoms with van der Waals surface area (Å²) >= 11 is 0. The number of hydrogen-bond donors (Lipinski definition) is 1. The average Bonchev–Trinajstić information content (AvgIpc) is 2.21. The molecule has 0 bridgehead atoms. The van der Waals surface area contributed by atoms with Gasteiger partial charge in [-0.25, -0.2) is 4.39 Å². The molecule has 1 aromatic rings. The van der Waals surface area contributed by atoms with Crippen LogP contribution in [0.5, 0.6) is 0 Å². The van der Waals surface area contributed by atoms with Gasteiger partial charge in [0.05, 0.1) is 6.10 Å². The summed E-state index contributed by atoms with van der Waals surface area (Å²) < 4.78 is 12.7. The number of aliphatic hydroxyl groups excluding tert-OH is 1. The van der Waals surface area contributed by atoms with Crippen LogP contribution in [0.1, 0.15) is 19.4 Å². The first-order valence-corrected chi connectivity index (χ1v) is 5.60. The van der Waals surface area contributed by atoms with E-state index in [1.807, 2.05) is 25.8 Å². The SMILES string of the molecule is CC(C)C(O)CN(C)Cc1ccc(F)cc1. The Balaban J connectivity index is 2.45. The standard InChI is InChI=1S/C13H20FNO/c1-10(2)13(16)9-15(3)8-11-4-6-12(14)7-5-11/h4-7,10,13,16H,8-9H2,1-3H3. The smallest absolute Gasteiger partial charge is 0.123 e. The van der Waals surface area contributed by atoms with Crippen LogP contribution in [-0.4, -0.2) is 29.7 Å². The van der Waals surface area contributed by atoms with Gasteiger partial charge in [-0.1, -0.05) is 26.0 Å². The van der Waals surface area contributed by atoms with Crippen molar-refractivity contribution in [2.45, 2.75) is 26.5 Å². The number of nitrogens with zero attached hydrogens (tertiary/aromatic N) is 1. The molecular weight excluding hydrogens is 205 g/mol. The number of likely N-dealkylation sites (N-methyl/N-ethyl adjacent to an activating group) is 1. The summed E-state index contributed by atoms with van der Waals surface area (Å²) in [6.07, 6.45) is -0.314. The van der Waals surface area contributed by atoms with Crippen LogP contribution < -0.4 is 0 Å². The maximum absolute atomic E-state index is 12.7. The number of aliphatic hydroxyl groups is 1. The highest BCUT2D eigenvalue weighted by molar-refractivity contribution is 5.15. The first kappa shape index (κ1) is 13.1. The molecule has 16 heavy (non-hydrogen) atoms. The second kappa shape index (κ2) is 5.97. The number of hydrogen-bond acceptors (Lipinski definition) is 2. The van der Waals surface area contributed by atoms with E-state index in [0.29, 0.717) is 6.54 Å². The Morgan fingerprint density at radius 3 is 2.31 bits per heavy atom. The van der Waals surface area contributed by atoms with Gasteiger partial charge in [-0.3, -0.25) is 4.90 Å². The van der Waals surface area contributed by atoms with Crippen molar-refractivity contribution >= 4 is 0 Å². The van der Waals surface area contributed by atoms with Gasteiger partial charge in [0, 0.05) is 13.1 Å². The predicted octanol–water partition coefficient (Wildman–Crippen LogP) is 2.27. The topological polar surface area (TPSA) is 23.5 Å². The Bertz CT molecular complexity index is 310. The molecule has 0 fully saturated rings. The molecule has 0 saturated carbocycles. The molecule has 90 valence electrons. The van der Waals surface area contributed by atoms with E-state index in [4.69, 9.17) is 0 Å². The Kier molecular flexibility index (Phi) is 4.90. The molecule has 0 amide bonds. The van der Waals surface area contributed by atoms with E-state index in [9.17, 15) is 9.50 Å². The van der Waals surface area contributed by atoms with Gasteiger partial charge in [0.25, 0.3) is 0 Å². The van der Waals surface area contributed by atoms with Gasteiger partial charge in [-0.15, -0.1) is 0 Å². The molecule has 2 nitrogen and oxygen atoms in total. The Labute approximate surface area is 96.7 Å². The summed E-state index contributed by atoms with van der Waals surface area (Å²) in [5, 5.41) is 9.72. The second-order valence-corrected chi connectivity index (χ2v) is 4.63. The van der Waals surface area contributed by atoms with Crippen molar-refractivity contribution < 1.29 is 9.50 Å². The van der Waals surface area contributed by atoms with Crippen LogP contribution in [0.4, 0.5) is 4.39 Å². The molecule has 3 heteroatoms. The van der Waals surface area contributed by atoms with Gasteiger partial charge in [0.1, 0.15) is 5.82 Å². The lowest BCUT2D eigenvalue weighted by Gasteiger charge is -2.22. The summed E-state index contributed by atoms with van der Waals surface area (Å²) in [7, 11) is 1.95. The molecule has 1 atom stereocenters. The van der Waals surface area contributed by atoms with Gasteiger partial charge in [0.15, 0.2) is 0 Å². The summed E-state index contributed by atoms with van der Waals surface area (Å²) in [6, 6.07) is 6.46. The fourth-order valence-corrected chi connectivity index (χ4v) is 1.50. The summed E-state index contributed by atoms with van der Waals surface area (Å²) in [5.41, 5.74) is 1.06. The molecule has 1 N–H and O–H groups in total. The Morgan fingerprint density at radius 2 is 1.81 bits per heavy atom.